The highest BCUT2D eigenvalue weighted by atomic mass is 16.1. The molecule has 0 aromatic carbocycles. The van der Waals surface area contributed by atoms with Gasteiger partial charge >= 0.3 is 0 Å². The summed E-state index contributed by atoms with van der Waals surface area (Å²) in [5, 5.41) is 6.48. The van der Waals surface area contributed by atoms with E-state index in [1.54, 1.807) is 18.2 Å². The Morgan fingerprint density at radius 2 is 2.36 bits per heavy atom. The molecule has 14 heavy (non-hydrogen) atoms. The minimum absolute atomic E-state index is 0.303. The summed E-state index contributed by atoms with van der Waals surface area (Å²) in [4.78, 5) is 14.1. The molecule has 0 aliphatic heterocycles. The van der Waals surface area contributed by atoms with Crippen LogP contribution in [-0.2, 0) is 0 Å². The van der Waals surface area contributed by atoms with E-state index in [1.807, 2.05) is 0 Å². The number of nitrogens with two attached hydrogens (primary N) is 1. The zero-order valence-corrected chi connectivity index (χ0v) is 8.23. The van der Waals surface area contributed by atoms with E-state index in [0.717, 1.165) is 12.8 Å². The summed E-state index contributed by atoms with van der Waals surface area (Å²) < 4.78 is 0. The van der Waals surface area contributed by atoms with E-state index >= 15 is 0 Å². The lowest BCUT2D eigenvalue weighted by Crippen LogP contribution is -2.12. The first kappa shape index (κ1) is 12.3. The maximum atomic E-state index is 10.4. The van der Waals surface area contributed by atoms with Crippen LogP contribution in [0.5, 0.6) is 0 Å². The minimum Gasteiger partial charge on any atom is -0.364 e. The van der Waals surface area contributed by atoms with E-state index in [1.165, 1.54) is 12.4 Å². The van der Waals surface area contributed by atoms with Gasteiger partial charge in [-0.05, 0) is 24.8 Å². The van der Waals surface area contributed by atoms with Gasteiger partial charge in [0.15, 0.2) is 0 Å². The molecule has 0 atom stereocenters. The normalized spacial score (nSPS) is 8.36. The fourth-order valence-corrected chi connectivity index (χ4v) is 0.653. The number of pyridine rings is 1. The highest BCUT2D eigenvalue weighted by Crippen LogP contribution is 1.88. The number of amides is 1. The maximum Gasteiger partial charge on any atom is 0.267 e. The van der Waals surface area contributed by atoms with Crippen LogP contribution < -0.4 is 5.73 Å². The van der Waals surface area contributed by atoms with E-state index in [4.69, 9.17) is 11.1 Å². The third kappa shape index (κ3) is 5.88. The minimum atomic E-state index is -0.490. The molecule has 4 heteroatoms. The maximum absolute atomic E-state index is 10.4. The molecule has 0 unspecified atom stereocenters. The SMILES string of the molecule is CCCC=N.NC(=O)c1ccccn1. The van der Waals surface area contributed by atoms with E-state index in [9.17, 15) is 4.79 Å². The van der Waals surface area contributed by atoms with Crippen LogP contribution in [0.2, 0.25) is 0 Å². The van der Waals surface area contributed by atoms with Gasteiger partial charge in [-0.2, -0.15) is 0 Å². The summed E-state index contributed by atoms with van der Waals surface area (Å²) in [6.45, 7) is 2.06. The van der Waals surface area contributed by atoms with Crippen molar-refractivity contribution in [2.24, 2.45) is 5.73 Å². The standard InChI is InChI=1S/C6H6N2O.C4H9N/c7-6(9)5-3-1-2-4-8-5;1-2-3-4-5/h1-4H,(H2,7,9);4-5H,2-3H2,1H3. The second-order valence-electron chi connectivity index (χ2n) is 2.57. The number of aromatic nitrogens is 1. The van der Waals surface area contributed by atoms with Crippen molar-refractivity contribution in [1.82, 2.24) is 4.98 Å². The second kappa shape index (κ2) is 7.91. The molecule has 1 aromatic rings. The van der Waals surface area contributed by atoms with Gasteiger partial charge in [0.2, 0.25) is 0 Å². The molecule has 0 spiro atoms. The molecule has 0 fully saturated rings. The van der Waals surface area contributed by atoms with Crippen LogP contribution in [-0.4, -0.2) is 17.1 Å². The van der Waals surface area contributed by atoms with Crippen LogP contribution in [0.15, 0.2) is 24.4 Å². The highest BCUT2D eigenvalue weighted by Gasteiger charge is 1.95. The number of hydrogen-bond acceptors (Lipinski definition) is 3. The largest absolute Gasteiger partial charge is 0.364 e. The van der Waals surface area contributed by atoms with Crippen molar-refractivity contribution in [3.63, 3.8) is 0 Å². The van der Waals surface area contributed by atoms with Gasteiger partial charge in [0.1, 0.15) is 5.69 Å². The Hall–Kier alpha value is -1.71. The molecule has 1 amide bonds. The zero-order chi connectivity index (χ0) is 10.8. The number of hydrogen-bond donors (Lipinski definition) is 2. The van der Waals surface area contributed by atoms with Crippen LogP contribution in [0, 0.1) is 5.41 Å². The topological polar surface area (TPSA) is 79.8 Å². The molecular formula is C10H15N3O. The highest BCUT2D eigenvalue weighted by molar-refractivity contribution is 5.90. The average molecular weight is 193 g/mol. The number of nitrogens with zero attached hydrogens (tertiary/aromatic N) is 1. The van der Waals surface area contributed by atoms with E-state index < -0.39 is 5.91 Å². The lowest BCUT2D eigenvalue weighted by molar-refractivity contribution is 0.0995. The van der Waals surface area contributed by atoms with E-state index in [0.29, 0.717) is 5.69 Å². The molecule has 3 N–H and O–H groups in total. The fraction of sp³-hybridized carbons (Fsp3) is 0.300. The molecule has 0 aliphatic carbocycles. The number of unbranched alkanes of at least 4 members (excludes halogenated alkanes) is 1. The van der Waals surface area contributed by atoms with Gasteiger partial charge in [0.05, 0.1) is 0 Å². The number of primary amides is 1. The van der Waals surface area contributed by atoms with Crippen molar-refractivity contribution in [1.29, 1.82) is 5.41 Å². The van der Waals surface area contributed by atoms with Gasteiger partial charge in [-0.25, -0.2) is 0 Å². The second-order valence-corrected chi connectivity index (χ2v) is 2.57. The van der Waals surface area contributed by atoms with Crippen LogP contribution in [0.25, 0.3) is 0 Å². The van der Waals surface area contributed by atoms with Crippen LogP contribution in [0.1, 0.15) is 30.3 Å². The summed E-state index contributed by atoms with van der Waals surface area (Å²) in [6.07, 6.45) is 4.99. The van der Waals surface area contributed by atoms with Gasteiger partial charge in [-0.15, -0.1) is 0 Å². The molecule has 1 aromatic heterocycles. The summed E-state index contributed by atoms with van der Waals surface area (Å²) >= 11 is 0. The van der Waals surface area contributed by atoms with Crippen LogP contribution in [0.4, 0.5) is 0 Å². The first-order chi connectivity index (χ1) is 6.72. The van der Waals surface area contributed by atoms with Crippen molar-refractivity contribution in [3.8, 4) is 0 Å². The summed E-state index contributed by atoms with van der Waals surface area (Å²) in [5.74, 6) is -0.490. The third-order valence-corrected chi connectivity index (χ3v) is 1.35. The third-order valence-electron chi connectivity index (χ3n) is 1.35. The van der Waals surface area contributed by atoms with Gasteiger partial charge in [-0.3, -0.25) is 9.78 Å². The Labute approximate surface area is 83.7 Å². The Morgan fingerprint density at radius 1 is 1.64 bits per heavy atom. The first-order valence-corrected chi connectivity index (χ1v) is 4.42. The fourth-order valence-electron chi connectivity index (χ4n) is 0.653. The monoisotopic (exact) mass is 193 g/mol. The van der Waals surface area contributed by atoms with Crippen LogP contribution in [0.3, 0.4) is 0 Å². The molecule has 1 rings (SSSR count). The van der Waals surface area contributed by atoms with Crippen molar-refractivity contribution in [2.75, 3.05) is 0 Å². The van der Waals surface area contributed by atoms with Crippen molar-refractivity contribution >= 4 is 12.1 Å². The van der Waals surface area contributed by atoms with E-state index in [-0.39, 0.29) is 0 Å². The van der Waals surface area contributed by atoms with Crippen molar-refractivity contribution in [2.45, 2.75) is 19.8 Å². The molecule has 4 nitrogen and oxygen atoms in total. The number of carbonyl (C=O) groups is 1. The van der Waals surface area contributed by atoms with Gasteiger partial charge in [0.25, 0.3) is 5.91 Å². The molecule has 76 valence electrons. The number of nitrogens with one attached hydrogen (secondary N) is 1. The lowest BCUT2D eigenvalue weighted by atomic mass is 10.3. The quantitative estimate of drug-likeness (QED) is 0.715. The Kier molecular flexibility index (Phi) is 6.95. The number of rotatable bonds is 3. The first-order valence-electron chi connectivity index (χ1n) is 4.42. The Balaban J connectivity index is 0.000000292. The molecular weight excluding hydrogens is 178 g/mol. The zero-order valence-electron chi connectivity index (χ0n) is 8.23. The predicted octanol–water partition coefficient (Wildman–Crippen LogP) is 1.62. The summed E-state index contributed by atoms with van der Waals surface area (Å²) in [6, 6.07) is 5.02. The summed E-state index contributed by atoms with van der Waals surface area (Å²) in [7, 11) is 0. The van der Waals surface area contributed by atoms with Gasteiger partial charge in [-0.1, -0.05) is 19.4 Å². The molecule has 1 heterocycles. The molecule has 0 radical (unpaired) electrons. The van der Waals surface area contributed by atoms with Crippen LogP contribution >= 0.6 is 0 Å². The average Bonchev–Trinajstić information content (AvgIpc) is 2.21. The van der Waals surface area contributed by atoms with Crippen molar-refractivity contribution in [3.05, 3.63) is 30.1 Å². The molecule has 0 bridgehead atoms. The van der Waals surface area contributed by atoms with Gasteiger partial charge < -0.3 is 11.1 Å². The Bertz CT molecular complexity index is 272. The van der Waals surface area contributed by atoms with E-state index in [2.05, 4.69) is 11.9 Å². The lowest BCUT2D eigenvalue weighted by Gasteiger charge is -1.88. The Morgan fingerprint density at radius 3 is 2.57 bits per heavy atom. The summed E-state index contributed by atoms with van der Waals surface area (Å²) in [5.41, 5.74) is 5.22. The number of carbonyl (C=O) groups excluding carboxylic acids is 1. The smallest absolute Gasteiger partial charge is 0.267 e. The molecule has 0 aliphatic rings. The molecule has 0 saturated heterocycles. The van der Waals surface area contributed by atoms with Crippen molar-refractivity contribution < 1.29 is 4.79 Å². The molecule has 0 saturated carbocycles. The predicted molar refractivity (Wildman–Crippen MR) is 56.4 cm³/mol. The van der Waals surface area contributed by atoms with Gasteiger partial charge in [0, 0.05) is 6.20 Å².